The number of hydrogen-bond acceptors (Lipinski definition) is 4. The van der Waals surface area contributed by atoms with Crippen molar-refractivity contribution in [2.45, 2.75) is 32.1 Å². The summed E-state index contributed by atoms with van der Waals surface area (Å²) in [7, 11) is 1.92. The number of amides is 1. The first-order valence-corrected chi connectivity index (χ1v) is 9.26. The van der Waals surface area contributed by atoms with Crippen molar-refractivity contribution in [2.24, 2.45) is 7.05 Å². The number of carbonyl (C=O) groups is 1. The molecule has 1 amide bonds. The summed E-state index contributed by atoms with van der Waals surface area (Å²) in [6.45, 7) is 3.50. The molecule has 0 radical (unpaired) electrons. The monoisotopic (exact) mass is 370 g/mol. The van der Waals surface area contributed by atoms with Gasteiger partial charge in [-0.25, -0.2) is 4.98 Å². The van der Waals surface area contributed by atoms with Crippen LogP contribution in [0.3, 0.4) is 0 Å². The number of likely N-dealkylation sites (tertiary alicyclic amines) is 1. The molecule has 1 N–H and O–H groups in total. The maximum atomic E-state index is 12.8. The molecule has 0 spiro atoms. The fourth-order valence-electron chi connectivity index (χ4n) is 3.70. The molecule has 0 aliphatic carbocycles. The Balaban J connectivity index is 1.49. The van der Waals surface area contributed by atoms with Crippen LogP contribution in [0.2, 0.25) is 0 Å². The van der Waals surface area contributed by atoms with Gasteiger partial charge in [-0.3, -0.25) is 9.89 Å². The average molecular weight is 370 g/mol. The van der Waals surface area contributed by atoms with Crippen LogP contribution < -0.4 is 0 Å². The molecular formula is C18H22N6OS. The van der Waals surface area contributed by atoms with Crippen LogP contribution in [0.5, 0.6) is 0 Å². The molecule has 1 saturated heterocycles. The first-order chi connectivity index (χ1) is 12.5. The van der Waals surface area contributed by atoms with Crippen molar-refractivity contribution in [3.8, 4) is 0 Å². The molecule has 3 aromatic heterocycles. The Morgan fingerprint density at radius 3 is 3.04 bits per heavy atom. The Kier molecular flexibility index (Phi) is 4.36. The van der Waals surface area contributed by atoms with E-state index >= 15 is 0 Å². The predicted molar refractivity (Wildman–Crippen MR) is 101 cm³/mol. The van der Waals surface area contributed by atoms with E-state index in [2.05, 4.69) is 15.2 Å². The van der Waals surface area contributed by atoms with Crippen LogP contribution in [0.4, 0.5) is 0 Å². The van der Waals surface area contributed by atoms with E-state index in [1.807, 2.05) is 52.4 Å². The largest absolute Gasteiger partial charge is 0.342 e. The van der Waals surface area contributed by atoms with Crippen molar-refractivity contribution in [1.29, 1.82) is 0 Å². The third-order valence-electron chi connectivity index (χ3n) is 5.11. The highest BCUT2D eigenvalue weighted by Crippen LogP contribution is 2.25. The topological polar surface area (TPSA) is 71.2 Å². The smallest absolute Gasteiger partial charge is 0.228 e. The number of imidazole rings is 1. The Bertz CT molecular complexity index is 1020. The molecule has 8 heteroatoms. The number of fused-ring (bicyclic) bond motifs is 1. The number of nitrogens with zero attached hydrogens (tertiary/aromatic N) is 5. The van der Waals surface area contributed by atoms with Gasteiger partial charge in [0, 0.05) is 38.4 Å². The van der Waals surface area contributed by atoms with Crippen LogP contribution in [0, 0.1) is 11.7 Å². The first kappa shape index (κ1) is 17.0. The number of nitrogens with one attached hydrogen (secondary N) is 1. The van der Waals surface area contributed by atoms with Crippen LogP contribution in [0.1, 0.15) is 35.8 Å². The van der Waals surface area contributed by atoms with Gasteiger partial charge in [-0.15, -0.1) is 0 Å². The van der Waals surface area contributed by atoms with Crippen molar-refractivity contribution in [2.75, 3.05) is 13.1 Å². The normalized spacial score (nSPS) is 17.8. The number of carbonyl (C=O) groups excluding carboxylic acids is 1. The lowest BCUT2D eigenvalue weighted by Gasteiger charge is -2.32. The van der Waals surface area contributed by atoms with Crippen LogP contribution >= 0.6 is 12.2 Å². The first-order valence-electron chi connectivity index (χ1n) is 8.85. The quantitative estimate of drug-likeness (QED) is 0.719. The standard InChI is InChI=1S/C18H22N6OS/c1-12-5-3-8-24-11-14(19-16(12)24)9-15(25)23-7-4-6-13(10-23)17-20-21-18(26)22(17)2/h3,5,8,11,13H,4,6-7,9-10H2,1-2H3,(H,21,26). The zero-order valence-corrected chi connectivity index (χ0v) is 15.8. The maximum Gasteiger partial charge on any atom is 0.228 e. The zero-order valence-electron chi connectivity index (χ0n) is 15.0. The Labute approximate surface area is 156 Å². The Hall–Kier alpha value is -2.48. The second-order valence-electron chi connectivity index (χ2n) is 6.96. The molecule has 26 heavy (non-hydrogen) atoms. The lowest BCUT2D eigenvalue weighted by atomic mass is 9.97. The summed E-state index contributed by atoms with van der Waals surface area (Å²) >= 11 is 5.21. The van der Waals surface area contributed by atoms with Gasteiger partial charge in [0.1, 0.15) is 11.5 Å². The summed E-state index contributed by atoms with van der Waals surface area (Å²) in [5.74, 6) is 1.26. The SMILES string of the molecule is Cc1cccn2cc(CC(=O)N3CCCC(c4n[nH]c(=S)n4C)C3)nc12. The molecule has 1 unspecified atom stereocenters. The Morgan fingerprint density at radius 2 is 2.31 bits per heavy atom. The van der Waals surface area contributed by atoms with E-state index in [4.69, 9.17) is 12.2 Å². The molecule has 4 heterocycles. The van der Waals surface area contributed by atoms with E-state index in [1.165, 1.54) is 0 Å². The number of aromatic nitrogens is 5. The van der Waals surface area contributed by atoms with E-state index in [0.717, 1.165) is 42.1 Å². The number of hydrogen-bond donors (Lipinski definition) is 1. The molecule has 3 aromatic rings. The number of piperidine rings is 1. The van der Waals surface area contributed by atoms with E-state index in [1.54, 1.807) is 0 Å². The molecule has 1 atom stereocenters. The molecule has 136 valence electrons. The maximum absolute atomic E-state index is 12.8. The van der Waals surface area contributed by atoms with Gasteiger partial charge in [0.15, 0.2) is 4.77 Å². The van der Waals surface area contributed by atoms with Crippen LogP contribution in [0.15, 0.2) is 24.5 Å². The molecule has 0 saturated carbocycles. The van der Waals surface area contributed by atoms with Gasteiger partial charge in [0.05, 0.1) is 12.1 Å². The van der Waals surface area contributed by atoms with Gasteiger partial charge >= 0.3 is 0 Å². The summed E-state index contributed by atoms with van der Waals surface area (Å²) < 4.78 is 4.49. The summed E-state index contributed by atoms with van der Waals surface area (Å²) in [5, 5.41) is 7.19. The van der Waals surface area contributed by atoms with E-state index in [0.29, 0.717) is 17.7 Å². The van der Waals surface area contributed by atoms with Crippen molar-refractivity contribution < 1.29 is 4.79 Å². The number of rotatable bonds is 3. The minimum Gasteiger partial charge on any atom is -0.342 e. The Morgan fingerprint density at radius 1 is 1.46 bits per heavy atom. The van der Waals surface area contributed by atoms with Gasteiger partial charge in [-0.2, -0.15) is 5.10 Å². The summed E-state index contributed by atoms with van der Waals surface area (Å²) in [6.07, 6.45) is 6.22. The van der Waals surface area contributed by atoms with Gasteiger partial charge in [-0.05, 0) is 43.6 Å². The van der Waals surface area contributed by atoms with E-state index < -0.39 is 0 Å². The lowest BCUT2D eigenvalue weighted by molar-refractivity contribution is -0.131. The zero-order chi connectivity index (χ0) is 18.3. The van der Waals surface area contributed by atoms with Crippen molar-refractivity contribution >= 4 is 23.8 Å². The number of aryl methyl sites for hydroxylation is 1. The van der Waals surface area contributed by atoms with E-state index in [9.17, 15) is 4.79 Å². The molecule has 7 nitrogen and oxygen atoms in total. The number of H-pyrrole nitrogens is 1. The summed E-state index contributed by atoms with van der Waals surface area (Å²) in [4.78, 5) is 19.4. The molecular weight excluding hydrogens is 348 g/mol. The van der Waals surface area contributed by atoms with Crippen LogP contribution in [-0.2, 0) is 18.3 Å². The molecule has 0 aromatic carbocycles. The molecule has 1 aliphatic rings. The van der Waals surface area contributed by atoms with Crippen molar-refractivity contribution in [1.82, 2.24) is 29.0 Å². The minimum atomic E-state index is 0.118. The molecule has 1 aliphatic heterocycles. The highest BCUT2D eigenvalue weighted by atomic mass is 32.1. The van der Waals surface area contributed by atoms with Crippen LogP contribution in [0.25, 0.3) is 5.65 Å². The second kappa shape index (κ2) is 6.68. The summed E-state index contributed by atoms with van der Waals surface area (Å²) in [5.41, 5.74) is 2.83. The van der Waals surface area contributed by atoms with Gasteiger partial charge in [0.2, 0.25) is 5.91 Å². The highest BCUT2D eigenvalue weighted by molar-refractivity contribution is 7.71. The lowest BCUT2D eigenvalue weighted by Crippen LogP contribution is -2.40. The van der Waals surface area contributed by atoms with Crippen molar-refractivity contribution in [3.63, 3.8) is 0 Å². The number of pyridine rings is 1. The van der Waals surface area contributed by atoms with Crippen molar-refractivity contribution in [3.05, 3.63) is 46.4 Å². The third kappa shape index (κ3) is 3.05. The number of aromatic amines is 1. The average Bonchev–Trinajstić information content (AvgIpc) is 3.19. The van der Waals surface area contributed by atoms with Crippen LogP contribution in [-0.4, -0.2) is 48.0 Å². The predicted octanol–water partition coefficient (Wildman–Crippen LogP) is 2.38. The van der Waals surface area contributed by atoms with E-state index in [-0.39, 0.29) is 11.8 Å². The molecule has 1 fully saturated rings. The van der Waals surface area contributed by atoms with Gasteiger partial charge in [0.25, 0.3) is 0 Å². The fraction of sp³-hybridized carbons (Fsp3) is 0.444. The third-order valence-corrected chi connectivity index (χ3v) is 5.48. The summed E-state index contributed by atoms with van der Waals surface area (Å²) in [6, 6.07) is 4.02. The highest BCUT2D eigenvalue weighted by Gasteiger charge is 2.28. The van der Waals surface area contributed by atoms with Gasteiger partial charge < -0.3 is 13.9 Å². The second-order valence-corrected chi connectivity index (χ2v) is 7.34. The molecule has 0 bridgehead atoms. The minimum absolute atomic E-state index is 0.118. The molecule has 4 rings (SSSR count). The fourth-order valence-corrected chi connectivity index (χ4v) is 3.83. The van der Waals surface area contributed by atoms with Gasteiger partial charge in [-0.1, -0.05) is 6.07 Å².